The van der Waals surface area contributed by atoms with E-state index in [-0.39, 0.29) is 5.69 Å². The standard InChI is InChI=1S/C17H16F3N3O2/c1-10-6-11(2)14(12(3)7-10)9-21-22-15-5-4-13(17(18,19)20)8-16(15)23(24)25/h4-9,22H,1-3H3. The van der Waals surface area contributed by atoms with Crippen molar-refractivity contribution in [2.75, 3.05) is 5.43 Å². The molecule has 0 aliphatic heterocycles. The highest BCUT2D eigenvalue weighted by Gasteiger charge is 2.33. The van der Waals surface area contributed by atoms with Crippen LogP contribution in [0.5, 0.6) is 0 Å². The zero-order valence-corrected chi connectivity index (χ0v) is 13.8. The summed E-state index contributed by atoms with van der Waals surface area (Å²) >= 11 is 0. The van der Waals surface area contributed by atoms with Crippen molar-refractivity contribution in [1.82, 2.24) is 0 Å². The molecule has 0 aromatic heterocycles. The number of nitro groups is 1. The molecule has 8 heteroatoms. The van der Waals surface area contributed by atoms with Gasteiger partial charge < -0.3 is 0 Å². The maximum atomic E-state index is 12.7. The SMILES string of the molecule is Cc1cc(C)c(C=NNc2ccc(C(F)(F)F)cc2[N+](=O)[O-])c(C)c1. The van der Waals surface area contributed by atoms with Crippen LogP contribution in [-0.4, -0.2) is 11.1 Å². The van der Waals surface area contributed by atoms with E-state index in [0.717, 1.165) is 34.4 Å². The Bertz CT molecular complexity index is 823. The molecule has 0 fully saturated rings. The molecule has 0 saturated heterocycles. The fourth-order valence-electron chi connectivity index (χ4n) is 2.51. The molecule has 0 bridgehead atoms. The van der Waals surface area contributed by atoms with Crippen LogP contribution in [0.25, 0.3) is 0 Å². The zero-order chi connectivity index (χ0) is 18.8. The van der Waals surface area contributed by atoms with Gasteiger partial charge in [-0.05, 0) is 44.0 Å². The predicted octanol–water partition coefficient (Wildman–Crippen LogP) is 4.98. The van der Waals surface area contributed by atoms with Crippen LogP contribution >= 0.6 is 0 Å². The average Bonchev–Trinajstić information content (AvgIpc) is 2.48. The molecular formula is C17H16F3N3O2. The minimum absolute atomic E-state index is 0.114. The summed E-state index contributed by atoms with van der Waals surface area (Å²) in [6.45, 7) is 5.77. The Morgan fingerprint density at radius 2 is 1.72 bits per heavy atom. The van der Waals surface area contributed by atoms with Crippen LogP contribution < -0.4 is 5.43 Å². The van der Waals surface area contributed by atoms with Crippen LogP contribution in [0.3, 0.4) is 0 Å². The summed E-state index contributed by atoms with van der Waals surface area (Å²) in [5.41, 5.74) is 4.45. The number of nitrogens with zero attached hydrogens (tertiary/aromatic N) is 2. The Hall–Kier alpha value is -2.90. The van der Waals surface area contributed by atoms with Crippen LogP contribution in [0, 0.1) is 30.9 Å². The van der Waals surface area contributed by atoms with E-state index in [1.807, 2.05) is 32.9 Å². The van der Waals surface area contributed by atoms with Gasteiger partial charge in [0.2, 0.25) is 0 Å². The highest BCUT2D eigenvalue weighted by molar-refractivity contribution is 5.84. The first-order valence-corrected chi connectivity index (χ1v) is 7.32. The summed E-state index contributed by atoms with van der Waals surface area (Å²) in [6.07, 6.45) is -3.16. The number of hydrazone groups is 1. The molecule has 2 aromatic carbocycles. The van der Waals surface area contributed by atoms with Crippen molar-refractivity contribution in [2.24, 2.45) is 5.10 Å². The lowest BCUT2D eigenvalue weighted by Crippen LogP contribution is -2.06. The molecule has 2 aromatic rings. The first-order chi connectivity index (χ1) is 11.6. The van der Waals surface area contributed by atoms with Crippen molar-refractivity contribution in [2.45, 2.75) is 26.9 Å². The van der Waals surface area contributed by atoms with E-state index in [2.05, 4.69) is 10.5 Å². The van der Waals surface area contributed by atoms with Gasteiger partial charge in [-0.15, -0.1) is 0 Å². The smallest absolute Gasteiger partial charge is 0.272 e. The molecule has 0 unspecified atom stereocenters. The molecule has 0 atom stereocenters. The van der Waals surface area contributed by atoms with Crippen LogP contribution in [0.15, 0.2) is 35.4 Å². The number of nitrogens with one attached hydrogen (secondary N) is 1. The topological polar surface area (TPSA) is 67.5 Å². The molecule has 0 radical (unpaired) electrons. The van der Waals surface area contributed by atoms with Crippen molar-refractivity contribution in [1.29, 1.82) is 0 Å². The van der Waals surface area contributed by atoms with E-state index < -0.39 is 22.4 Å². The van der Waals surface area contributed by atoms with E-state index in [0.29, 0.717) is 6.07 Å². The molecule has 25 heavy (non-hydrogen) atoms. The quantitative estimate of drug-likeness (QED) is 0.480. The summed E-state index contributed by atoms with van der Waals surface area (Å²) in [5, 5.41) is 15.0. The molecule has 5 nitrogen and oxygen atoms in total. The van der Waals surface area contributed by atoms with Crippen LogP contribution in [0.2, 0.25) is 0 Å². The molecule has 2 rings (SSSR count). The van der Waals surface area contributed by atoms with Gasteiger partial charge in [0.05, 0.1) is 16.7 Å². The molecule has 0 aliphatic rings. The van der Waals surface area contributed by atoms with Gasteiger partial charge in [0.15, 0.2) is 0 Å². The predicted molar refractivity (Wildman–Crippen MR) is 90.0 cm³/mol. The number of alkyl halides is 3. The number of hydrogen-bond donors (Lipinski definition) is 1. The number of aryl methyl sites for hydroxylation is 3. The highest BCUT2D eigenvalue weighted by atomic mass is 19.4. The van der Waals surface area contributed by atoms with Crippen LogP contribution in [0.4, 0.5) is 24.5 Å². The fraction of sp³-hybridized carbons (Fsp3) is 0.235. The second-order valence-corrected chi connectivity index (χ2v) is 5.67. The van der Waals surface area contributed by atoms with E-state index >= 15 is 0 Å². The molecule has 0 amide bonds. The third kappa shape index (κ3) is 4.34. The van der Waals surface area contributed by atoms with Gasteiger partial charge in [-0.25, -0.2) is 0 Å². The third-order valence-corrected chi connectivity index (χ3v) is 3.64. The van der Waals surface area contributed by atoms with Crippen molar-refractivity contribution in [3.63, 3.8) is 0 Å². The summed E-state index contributed by atoms with van der Waals surface area (Å²) in [7, 11) is 0. The largest absolute Gasteiger partial charge is 0.416 e. The van der Waals surface area contributed by atoms with Crippen molar-refractivity contribution < 1.29 is 18.1 Å². The Morgan fingerprint density at radius 3 is 2.24 bits per heavy atom. The molecule has 1 N–H and O–H groups in total. The Labute approximate surface area is 142 Å². The lowest BCUT2D eigenvalue weighted by molar-refractivity contribution is -0.384. The second-order valence-electron chi connectivity index (χ2n) is 5.67. The molecule has 0 aliphatic carbocycles. The summed E-state index contributed by atoms with van der Waals surface area (Å²) in [6, 6.07) is 6.18. The lowest BCUT2D eigenvalue weighted by Gasteiger charge is -2.09. The Balaban J connectivity index is 2.31. The highest BCUT2D eigenvalue weighted by Crippen LogP contribution is 2.34. The number of halogens is 3. The molecule has 0 saturated carbocycles. The molecule has 132 valence electrons. The van der Waals surface area contributed by atoms with Gasteiger partial charge in [-0.2, -0.15) is 18.3 Å². The van der Waals surface area contributed by atoms with Crippen molar-refractivity contribution >= 4 is 17.6 Å². The van der Waals surface area contributed by atoms with Gasteiger partial charge in [0.25, 0.3) is 5.69 Å². The van der Waals surface area contributed by atoms with Gasteiger partial charge in [0, 0.05) is 11.6 Å². The van der Waals surface area contributed by atoms with Gasteiger partial charge in [-0.3, -0.25) is 15.5 Å². The molecular weight excluding hydrogens is 335 g/mol. The van der Waals surface area contributed by atoms with Gasteiger partial charge in [0.1, 0.15) is 5.69 Å². The Kier molecular flexibility index (Phi) is 5.10. The third-order valence-electron chi connectivity index (χ3n) is 3.64. The summed E-state index contributed by atoms with van der Waals surface area (Å²) < 4.78 is 38.1. The number of rotatable bonds is 4. The zero-order valence-electron chi connectivity index (χ0n) is 13.8. The molecule has 0 heterocycles. The van der Waals surface area contributed by atoms with Crippen molar-refractivity contribution in [3.8, 4) is 0 Å². The normalized spacial score (nSPS) is 11.8. The van der Waals surface area contributed by atoms with E-state index in [1.165, 1.54) is 6.21 Å². The average molecular weight is 351 g/mol. The summed E-state index contributed by atoms with van der Waals surface area (Å²) in [4.78, 5) is 10.1. The number of hydrogen-bond acceptors (Lipinski definition) is 4. The van der Waals surface area contributed by atoms with E-state index in [9.17, 15) is 23.3 Å². The van der Waals surface area contributed by atoms with E-state index in [1.54, 1.807) is 0 Å². The maximum absolute atomic E-state index is 12.7. The fourth-order valence-corrected chi connectivity index (χ4v) is 2.51. The first kappa shape index (κ1) is 18.4. The van der Waals surface area contributed by atoms with Crippen LogP contribution in [-0.2, 0) is 6.18 Å². The number of nitro benzene ring substituents is 1. The number of anilines is 1. The second kappa shape index (κ2) is 6.92. The summed E-state index contributed by atoms with van der Waals surface area (Å²) in [5.74, 6) is 0. The van der Waals surface area contributed by atoms with Crippen LogP contribution in [0.1, 0.15) is 27.8 Å². The Morgan fingerprint density at radius 1 is 1.12 bits per heavy atom. The van der Waals surface area contributed by atoms with Gasteiger partial charge in [-0.1, -0.05) is 17.7 Å². The van der Waals surface area contributed by atoms with Gasteiger partial charge >= 0.3 is 6.18 Å². The monoisotopic (exact) mass is 351 g/mol. The minimum atomic E-state index is -4.65. The first-order valence-electron chi connectivity index (χ1n) is 7.32. The lowest BCUT2D eigenvalue weighted by atomic mass is 10.0. The maximum Gasteiger partial charge on any atom is 0.416 e. The van der Waals surface area contributed by atoms with Crippen molar-refractivity contribution in [3.05, 3.63) is 68.3 Å². The number of benzene rings is 2. The van der Waals surface area contributed by atoms with E-state index in [4.69, 9.17) is 0 Å². The minimum Gasteiger partial charge on any atom is -0.272 e. The molecule has 0 spiro atoms.